The predicted octanol–water partition coefficient (Wildman–Crippen LogP) is 5.11. The summed E-state index contributed by atoms with van der Waals surface area (Å²) in [4.78, 5) is 26.2. The summed E-state index contributed by atoms with van der Waals surface area (Å²) >= 11 is 0. The zero-order chi connectivity index (χ0) is 32.3. The van der Waals surface area contributed by atoms with E-state index in [4.69, 9.17) is 9.29 Å². The van der Waals surface area contributed by atoms with E-state index in [0.29, 0.717) is 34.8 Å². The molecule has 0 unspecified atom stereocenters. The predicted molar refractivity (Wildman–Crippen MR) is 167 cm³/mol. The summed E-state index contributed by atoms with van der Waals surface area (Å²) in [6.07, 6.45) is 6.00. The quantitative estimate of drug-likeness (QED) is 0.214. The number of amides is 1. The van der Waals surface area contributed by atoms with E-state index in [9.17, 15) is 22.4 Å². The van der Waals surface area contributed by atoms with Gasteiger partial charge in [0.05, 0.1) is 24.2 Å². The molecule has 3 aromatic carbocycles. The van der Waals surface area contributed by atoms with Gasteiger partial charge in [0.25, 0.3) is 21.6 Å². The maximum Gasteiger partial charge on any atom is 0.268 e. The monoisotopic (exact) mass is 630 g/mol. The molecule has 12 nitrogen and oxygen atoms in total. The van der Waals surface area contributed by atoms with Gasteiger partial charge in [0.15, 0.2) is 0 Å². The van der Waals surface area contributed by atoms with Crippen molar-refractivity contribution in [1.82, 2.24) is 24.5 Å². The van der Waals surface area contributed by atoms with Gasteiger partial charge in [-0.3, -0.25) is 28.5 Å². The highest BCUT2D eigenvalue weighted by molar-refractivity contribution is 7.85. The minimum atomic E-state index is -3.67. The molecule has 0 radical (unpaired) electrons. The lowest BCUT2D eigenvalue weighted by molar-refractivity contribution is 0.102. The number of carbonyl (C=O) groups excluding carboxylic acids is 1. The molecule has 230 valence electrons. The summed E-state index contributed by atoms with van der Waals surface area (Å²) in [5, 5.41) is 14.9. The second-order valence-corrected chi connectivity index (χ2v) is 11.4. The van der Waals surface area contributed by atoms with E-state index in [1.807, 2.05) is 19.2 Å². The molecule has 0 aliphatic heterocycles. The van der Waals surface area contributed by atoms with Crippen LogP contribution in [0.25, 0.3) is 27.7 Å². The van der Waals surface area contributed by atoms with Gasteiger partial charge in [-0.15, -0.1) is 0 Å². The summed E-state index contributed by atoms with van der Waals surface area (Å²) in [5.41, 5.74) is 3.71. The van der Waals surface area contributed by atoms with E-state index in [-0.39, 0.29) is 5.56 Å². The number of hydrogen-bond acceptors (Lipinski definition) is 7. The molecule has 3 N–H and O–H groups in total. The third-order valence-corrected chi connectivity index (χ3v) is 6.60. The van der Waals surface area contributed by atoms with Gasteiger partial charge in [0.2, 0.25) is 0 Å². The van der Waals surface area contributed by atoms with Crippen LogP contribution in [0.1, 0.15) is 16.1 Å². The molecule has 3 aromatic heterocycles. The highest BCUT2D eigenvalue weighted by Crippen LogP contribution is 2.36. The Morgan fingerprint density at radius 1 is 1.02 bits per heavy atom. The zero-order valence-corrected chi connectivity index (χ0v) is 25.0. The van der Waals surface area contributed by atoms with E-state index in [1.165, 1.54) is 34.9 Å². The molecular weight excluding hydrogens is 603 g/mol. The van der Waals surface area contributed by atoms with Crippen molar-refractivity contribution >= 4 is 32.6 Å². The lowest BCUT2D eigenvalue weighted by Gasteiger charge is -2.13. The first kappa shape index (κ1) is 30.8. The van der Waals surface area contributed by atoms with Crippen LogP contribution in [0.5, 0.6) is 11.5 Å². The third-order valence-electron chi connectivity index (χ3n) is 6.60. The van der Waals surface area contributed by atoms with Gasteiger partial charge in [-0.05, 0) is 79.7 Å². The number of aryl methyl sites for hydroxylation is 2. The Morgan fingerprint density at radius 2 is 1.71 bits per heavy atom. The van der Waals surface area contributed by atoms with Crippen molar-refractivity contribution < 1.29 is 26.9 Å². The number of pyridine rings is 1. The number of ether oxygens (including phenoxy) is 1. The molecule has 45 heavy (non-hydrogen) atoms. The molecule has 0 saturated carbocycles. The Morgan fingerprint density at radius 3 is 2.36 bits per heavy atom. The summed E-state index contributed by atoms with van der Waals surface area (Å²) in [5.74, 6) is 0.213. The number of rotatable bonds is 6. The number of H-pyrrole nitrogens is 1. The number of fused-ring (bicyclic) bond motifs is 1. The summed E-state index contributed by atoms with van der Waals surface area (Å²) < 4.78 is 48.7. The van der Waals surface area contributed by atoms with Crippen LogP contribution in [0.4, 0.5) is 10.1 Å². The second kappa shape index (κ2) is 12.6. The fourth-order valence-corrected chi connectivity index (χ4v) is 4.53. The Balaban J connectivity index is 0.000000743. The lowest BCUT2D eigenvalue weighted by Crippen LogP contribution is -2.29. The van der Waals surface area contributed by atoms with E-state index in [1.54, 1.807) is 60.5 Å². The fourth-order valence-electron chi connectivity index (χ4n) is 4.53. The Labute approximate surface area is 256 Å². The first-order chi connectivity index (χ1) is 21.4. The fraction of sp³-hybridized carbons (Fsp3) is 0.0968. The molecular formula is C31H27FN6O6S. The largest absolute Gasteiger partial charge is 0.457 e. The highest BCUT2D eigenvalue weighted by Gasteiger charge is 2.16. The summed E-state index contributed by atoms with van der Waals surface area (Å²) in [6.45, 7) is 1.75. The average molecular weight is 631 g/mol. The van der Waals surface area contributed by atoms with Crippen molar-refractivity contribution in [3.63, 3.8) is 0 Å². The molecule has 6 rings (SSSR count). The number of aromatic nitrogens is 5. The van der Waals surface area contributed by atoms with Gasteiger partial charge in [0, 0.05) is 46.8 Å². The summed E-state index contributed by atoms with van der Waals surface area (Å²) in [7, 11) is -1.79. The van der Waals surface area contributed by atoms with Gasteiger partial charge in [0.1, 0.15) is 22.9 Å². The first-order valence-corrected chi connectivity index (χ1v) is 15.2. The molecule has 0 saturated heterocycles. The third kappa shape index (κ3) is 7.31. The molecule has 0 bridgehead atoms. The van der Waals surface area contributed by atoms with Crippen molar-refractivity contribution in [3.8, 4) is 28.3 Å². The Hall–Kier alpha value is -5.60. The van der Waals surface area contributed by atoms with Crippen LogP contribution in [-0.2, 0) is 17.2 Å². The van der Waals surface area contributed by atoms with Crippen LogP contribution >= 0.6 is 0 Å². The number of nitrogens with one attached hydrogen (secondary N) is 2. The average Bonchev–Trinajstić information content (AvgIpc) is 3.64. The van der Waals surface area contributed by atoms with E-state index < -0.39 is 27.4 Å². The zero-order valence-electron chi connectivity index (χ0n) is 24.2. The molecule has 0 aliphatic carbocycles. The van der Waals surface area contributed by atoms with Gasteiger partial charge < -0.3 is 10.1 Å². The topological polar surface area (TPSA) is 161 Å². The normalized spacial score (nSPS) is 11.1. The van der Waals surface area contributed by atoms with Crippen molar-refractivity contribution in [3.05, 3.63) is 119 Å². The van der Waals surface area contributed by atoms with Crippen molar-refractivity contribution in [2.24, 2.45) is 7.05 Å². The minimum Gasteiger partial charge on any atom is -0.457 e. The molecule has 14 heteroatoms. The second-order valence-electron chi connectivity index (χ2n) is 9.98. The van der Waals surface area contributed by atoms with Crippen LogP contribution in [0, 0.1) is 12.7 Å². The maximum absolute atomic E-state index is 13.4. The van der Waals surface area contributed by atoms with Crippen LogP contribution in [0.2, 0.25) is 0 Å². The number of benzene rings is 3. The van der Waals surface area contributed by atoms with Crippen LogP contribution < -0.4 is 15.6 Å². The van der Waals surface area contributed by atoms with E-state index >= 15 is 0 Å². The molecule has 3 heterocycles. The highest BCUT2D eigenvalue weighted by atomic mass is 32.2. The van der Waals surface area contributed by atoms with Gasteiger partial charge in [-0.1, -0.05) is 0 Å². The standard InChI is InChI=1S/C30H23FN6O3.CH4O3S/c1-18-3-12-25(30(39)37(18)23-8-4-21(31)5-9-23)29(38)35-22-6-10-24(11-7-22)40-28-13-19-17-34-36(2)27(19)14-26(28)20-15-32-33-16-20;1-5(2,3)4/h3-17H,1-2H3,(H,32,33)(H,35,38);1H3,(H,2,3,4). The number of carbonyl (C=O) groups is 1. The lowest BCUT2D eigenvalue weighted by atomic mass is 10.1. The number of nitrogens with zero attached hydrogens (tertiary/aromatic N) is 4. The van der Waals surface area contributed by atoms with Gasteiger partial charge >= 0.3 is 0 Å². The van der Waals surface area contributed by atoms with Crippen molar-refractivity contribution in [1.29, 1.82) is 0 Å². The Kier molecular flexibility index (Phi) is 8.61. The number of anilines is 1. The van der Waals surface area contributed by atoms with Crippen molar-refractivity contribution in [2.45, 2.75) is 6.92 Å². The molecule has 0 fully saturated rings. The van der Waals surface area contributed by atoms with E-state index in [2.05, 4.69) is 20.6 Å². The number of aromatic amines is 1. The molecule has 6 aromatic rings. The smallest absolute Gasteiger partial charge is 0.268 e. The Bertz CT molecular complexity index is 2150. The molecule has 0 aliphatic rings. The van der Waals surface area contributed by atoms with Gasteiger partial charge in [-0.25, -0.2) is 4.39 Å². The van der Waals surface area contributed by atoms with Crippen LogP contribution in [0.3, 0.4) is 0 Å². The number of hydrogen-bond donors (Lipinski definition) is 3. The minimum absolute atomic E-state index is 0.0372. The van der Waals surface area contributed by atoms with Gasteiger partial charge in [-0.2, -0.15) is 18.6 Å². The maximum atomic E-state index is 13.4. The number of halogens is 1. The summed E-state index contributed by atoms with van der Waals surface area (Å²) in [6, 6.07) is 19.4. The van der Waals surface area contributed by atoms with Crippen LogP contribution in [0.15, 0.2) is 96.2 Å². The first-order valence-electron chi connectivity index (χ1n) is 13.3. The van der Waals surface area contributed by atoms with Crippen molar-refractivity contribution in [2.75, 3.05) is 11.6 Å². The molecule has 0 spiro atoms. The van der Waals surface area contributed by atoms with Crippen LogP contribution in [-0.4, -0.2) is 49.7 Å². The SMILES string of the molecule is CS(=O)(=O)O.Cc1ccc(C(=O)Nc2ccc(Oc3cc4cnn(C)c4cc3-c3cn[nH]c3)cc2)c(=O)n1-c1ccc(F)cc1. The molecule has 0 atom stereocenters. The molecule has 1 amide bonds. The van der Waals surface area contributed by atoms with E-state index in [0.717, 1.165) is 22.0 Å².